The normalized spacial score (nSPS) is 26.1. The molecule has 3 heteroatoms. The summed E-state index contributed by atoms with van der Waals surface area (Å²) in [6.45, 7) is 5.67. The number of aromatic nitrogens is 1. The summed E-state index contributed by atoms with van der Waals surface area (Å²) in [4.78, 5) is 4.54. The van der Waals surface area contributed by atoms with Crippen LogP contribution in [0.4, 0.5) is 0 Å². The van der Waals surface area contributed by atoms with Crippen molar-refractivity contribution in [3.63, 3.8) is 0 Å². The van der Waals surface area contributed by atoms with Gasteiger partial charge in [-0.15, -0.1) is 11.3 Å². The van der Waals surface area contributed by atoms with E-state index in [0.29, 0.717) is 6.04 Å². The molecule has 1 N–H and O–H groups in total. The summed E-state index contributed by atoms with van der Waals surface area (Å²) in [6.07, 6.45) is 8.13. The van der Waals surface area contributed by atoms with E-state index in [1.165, 1.54) is 44.2 Å². The highest BCUT2D eigenvalue weighted by Crippen LogP contribution is 2.37. The Morgan fingerprint density at radius 2 is 2.11 bits per heavy atom. The lowest BCUT2D eigenvalue weighted by Gasteiger charge is -2.33. The van der Waals surface area contributed by atoms with Gasteiger partial charge in [0.2, 0.25) is 0 Å². The van der Waals surface area contributed by atoms with Gasteiger partial charge in [0.1, 0.15) is 0 Å². The van der Waals surface area contributed by atoms with Crippen LogP contribution in [-0.2, 0) is 0 Å². The zero-order chi connectivity index (χ0) is 12.8. The fraction of sp³-hybridized carbons (Fsp3) is 0.800. The van der Waals surface area contributed by atoms with Crippen molar-refractivity contribution in [3.05, 3.63) is 16.6 Å². The minimum Gasteiger partial charge on any atom is -0.308 e. The molecule has 102 valence electrons. The maximum Gasteiger partial charge on any atom is 0.0795 e. The maximum atomic E-state index is 4.54. The molecule has 0 aliphatic heterocycles. The molecule has 1 aromatic heterocycles. The molecular formula is C15H26N2S. The standard InChI is InChI=1S/C15H26N2S/c1-3-9-16-15(14-10-18-11-17-14)13-7-5-12(4-2)6-8-13/h10-13,15-16H,3-9H2,1-2H3. The van der Waals surface area contributed by atoms with E-state index in [4.69, 9.17) is 0 Å². The quantitative estimate of drug-likeness (QED) is 0.825. The first-order chi connectivity index (χ1) is 8.85. The molecule has 2 nitrogen and oxygen atoms in total. The molecule has 1 unspecified atom stereocenters. The topological polar surface area (TPSA) is 24.9 Å². The van der Waals surface area contributed by atoms with Gasteiger partial charge >= 0.3 is 0 Å². The molecule has 1 aliphatic carbocycles. The van der Waals surface area contributed by atoms with E-state index in [0.717, 1.165) is 18.4 Å². The largest absolute Gasteiger partial charge is 0.308 e. The molecule has 1 aromatic rings. The summed E-state index contributed by atoms with van der Waals surface area (Å²) < 4.78 is 0. The van der Waals surface area contributed by atoms with Crippen LogP contribution in [0.3, 0.4) is 0 Å². The Morgan fingerprint density at radius 1 is 1.33 bits per heavy atom. The number of hydrogen-bond donors (Lipinski definition) is 1. The highest BCUT2D eigenvalue weighted by atomic mass is 32.1. The van der Waals surface area contributed by atoms with E-state index in [-0.39, 0.29) is 0 Å². The summed E-state index contributed by atoms with van der Waals surface area (Å²) in [7, 11) is 0. The van der Waals surface area contributed by atoms with Crippen LogP contribution in [0.25, 0.3) is 0 Å². The Bertz CT molecular complexity index is 315. The smallest absolute Gasteiger partial charge is 0.0795 e. The first-order valence-electron chi connectivity index (χ1n) is 7.46. The molecule has 1 aliphatic rings. The van der Waals surface area contributed by atoms with Crippen molar-refractivity contribution in [2.45, 2.75) is 58.4 Å². The van der Waals surface area contributed by atoms with E-state index in [1.54, 1.807) is 11.3 Å². The third-order valence-electron chi connectivity index (χ3n) is 4.32. The molecule has 1 fully saturated rings. The summed E-state index contributed by atoms with van der Waals surface area (Å²) in [5.74, 6) is 1.77. The fourth-order valence-corrected chi connectivity index (χ4v) is 3.71. The first kappa shape index (κ1) is 14.0. The summed E-state index contributed by atoms with van der Waals surface area (Å²) in [6, 6.07) is 0.494. The number of hydrogen-bond acceptors (Lipinski definition) is 3. The van der Waals surface area contributed by atoms with Gasteiger partial charge in [-0.3, -0.25) is 0 Å². The number of nitrogens with zero attached hydrogens (tertiary/aromatic N) is 1. The van der Waals surface area contributed by atoms with Crippen LogP contribution in [0.5, 0.6) is 0 Å². The van der Waals surface area contributed by atoms with Crippen LogP contribution in [-0.4, -0.2) is 11.5 Å². The predicted octanol–water partition coefficient (Wildman–Crippen LogP) is 4.40. The number of nitrogens with one attached hydrogen (secondary N) is 1. The molecular weight excluding hydrogens is 240 g/mol. The fourth-order valence-electron chi connectivity index (χ4n) is 3.12. The van der Waals surface area contributed by atoms with Crippen molar-refractivity contribution < 1.29 is 0 Å². The summed E-state index contributed by atoms with van der Waals surface area (Å²) in [5, 5.41) is 5.94. The van der Waals surface area contributed by atoms with Gasteiger partial charge in [-0.1, -0.05) is 33.1 Å². The van der Waals surface area contributed by atoms with Crippen LogP contribution < -0.4 is 5.32 Å². The zero-order valence-electron chi connectivity index (χ0n) is 11.7. The SMILES string of the molecule is CCCNC(c1cscn1)C1CCC(CC)CC1. The zero-order valence-corrected chi connectivity index (χ0v) is 12.5. The van der Waals surface area contributed by atoms with Crippen molar-refractivity contribution in [3.8, 4) is 0 Å². The van der Waals surface area contributed by atoms with E-state index in [9.17, 15) is 0 Å². The second kappa shape index (κ2) is 7.25. The Morgan fingerprint density at radius 3 is 2.67 bits per heavy atom. The molecule has 1 atom stereocenters. The van der Waals surface area contributed by atoms with Gasteiger partial charge in [0.05, 0.1) is 17.2 Å². The van der Waals surface area contributed by atoms with Gasteiger partial charge < -0.3 is 5.32 Å². The minimum absolute atomic E-state index is 0.494. The lowest BCUT2D eigenvalue weighted by Crippen LogP contribution is -2.31. The van der Waals surface area contributed by atoms with Gasteiger partial charge in [0.15, 0.2) is 0 Å². The van der Waals surface area contributed by atoms with Gasteiger partial charge in [0, 0.05) is 5.38 Å². The van der Waals surface area contributed by atoms with Crippen molar-refractivity contribution in [1.82, 2.24) is 10.3 Å². The lowest BCUT2D eigenvalue weighted by atomic mass is 9.77. The Labute approximate surface area is 115 Å². The highest BCUT2D eigenvalue weighted by molar-refractivity contribution is 7.07. The molecule has 0 aromatic carbocycles. The van der Waals surface area contributed by atoms with Crippen LogP contribution in [0.2, 0.25) is 0 Å². The van der Waals surface area contributed by atoms with Crippen molar-refractivity contribution in [2.75, 3.05) is 6.54 Å². The van der Waals surface area contributed by atoms with Crippen LogP contribution in [0, 0.1) is 11.8 Å². The average Bonchev–Trinajstić information content (AvgIpc) is 2.94. The molecule has 1 heterocycles. The molecule has 2 rings (SSSR count). The second-order valence-electron chi connectivity index (χ2n) is 5.53. The molecule has 0 amide bonds. The highest BCUT2D eigenvalue weighted by Gasteiger charge is 2.28. The van der Waals surface area contributed by atoms with Gasteiger partial charge in [-0.25, -0.2) is 4.98 Å². The molecule has 1 saturated carbocycles. The summed E-state index contributed by atoms with van der Waals surface area (Å²) >= 11 is 1.72. The van der Waals surface area contributed by atoms with E-state index in [2.05, 4.69) is 29.5 Å². The van der Waals surface area contributed by atoms with Gasteiger partial charge in [0.25, 0.3) is 0 Å². The lowest BCUT2D eigenvalue weighted by molar-refractivity contribution is 0.217. The van der Waals surface area contributed by atoms with Crippen LogP contribution in [0.1, 0.15) is 64.1 Å². The van der Waals surface area contributed by atoms with Crippen LogP contribution in [0.15, 0.2) is 10.9 Å². The van der Waals surface area contributed by atoms with E-state index < -0.39 is 0 Å². The predicted molar refractivity (Wildman–Crippen MR) is 78.9 cm³/mol. The van der Waals surface area contributed by atoms with Gasteiger partial charge in [-0.05, 0) is 37.6 Å². The monoisotopic (exact) mass is 266 g/mol. The average molecular weight is 266 g/mol. The Kier molecular flexibility index (Phi) is 5.64. The van der Waals surface area contributed by atoms with E-state index in [1.807, 2.05) is 5.51 Å². The number of rotatable bonds is 6. The first-order valence-corrected chi connectivity index (χ1v) is 8.40. The second-order valence-corrected chi connectivity index (χ2v) is 6.25. The van der Waals surface area contributed by atoms with Crippen molar-refractivity contribution in [2.24, 2.45) is 11.8 Å². The molecule has 18 heavy (non-hydrogen) atoms. The Hall–Kier alpha value is -0.410. The van der Waals surface area contributed by atoms with Crippen LogP contribution >= 0.6 is 11.3 Å². The third-order valence-corrected chi connectivity index (χ3v) is 4.93. The van der Waals surface area contributed by atoms with E-state index >= 15 is 0 Å². The molecule has 0 radical (unpaired) electrons. The molecule has 0 spiro atoms. The Balaban J connectivity index is 1.96. The number of thiazole rings is 1. The maximum absolute atomic E-state index is 4.54. The minimum atomic E-state index is 0.494. The molecule has 0 bridgehead atoms. The van der Waals surface area contributed by atoms with Crippen molar-refractivity contribution >= 4 is 11.3 Å². The van der Waals surface area contributed by atoms with Crippen molar-refractivity contribution in [1.29, 1.82) is 0 Å². The third kappa shape index (κ3) is 3.55. The van der Waals surface area contributed by atoms with Gasteiger partial charge in [-0.2, -0.15) is 0 Å². The summed E-state index contributed by atoms with van der Waals surface area (Å²) in [5.41, 5.74) is 3.24. The molecule has 0 saturated heterocycles.